The summed E-state index contributed by atoms with van der Waals surface area (Å²) in [6.45, 7) is 12.9. The summed E-state index contributed by atoms with van der Waals surface area (Å²) in [6.07, 6.45) is 5.83. The second-order valence-corrected chi connectivity index (χ2v) is 6.69. The van der Waals surface area contributed by atoms with E-state index >= 15 is 0 Å². The number of anilines is 1. The Balaban J connectivity index is 2.78. The zero-order valence-electron chi connectivity index (χ0n) is 14.1. The first-order valence-electron chi connectivity index (χ1n) is 7.75. The Bertz CT molecular complexity index is 407. The summed E-state index contributed by atoms with van der Waals surface area (Å²) >= 11 is 0. The van der Waals surface area contributed by atoms with Crippen molar-refractivity contribution in [2.75, 3.05) is 18.5 Å². The van der Waals surface area contributed by atoms with E-state index in [-0.39, 0.29) is 5.54 Å². The number of unbranched alkanes of at least 4 members (excludes halogenated alkanes) is 2. The Labute approximate surface area is 124 Å². The van der Waals surface area contributed by atoms with Gasteiger partial charge in [0.1, 0.15) is 0 Å². The summed E-state index contributed by atoms with van der Waals surface area (Å²) in [7, 11) is 2.19. The summed E-state index contributed by atoms with van der Waals surface area (Å²) in [5, 5.41) is 3.55. The second kappa shape index (κ2) is 7.63. The predicted octanol–water partition coefficient (Wildman–Crippen LogP) is 3.90. The molecule has 0 unspecified atom stereocenters. The minimum atomic E-state index is 0.128. The molecule has 0 fully saturated rings. The van der Waals surface area contributed by atoms with Crippen LogP contribution < -0.4 is 10.2 Å². The number of pyridine rings is 1. The maximum absolute atomic E-state index is 4.45. The largest absolute Gasteiger partial charge is 0.374 e. The average Bonchev–Trinajstić information content (AvgIpc) is 2.36. The zero-order valence-corrected chi connectivity index (χ0v) is 14.1. The normalized spacial score (nSPS) is 11.7. The van der Waals surface area contributed by atoms with Gasteiger partial charge in [-0.2, -0.15) is 0 Å². The van der Waals surface area contributed by atoms with Crippen molar-refractivity contribution in [2.45, 2.75) is 66.0 Å². The van der Waals surface area contributed by atoms with Crippen molar-refractivity contribution in [3.8, 4) is 0 Å². The van der Waals surface area contributed by atoms with Crippen LogP contribution in [0.1, 0.15) is 58.2 Å². The molecule has 0 radical (unpaired) electrons. The number of nitrogens with one attached hydrogen (secondary N) is 1. The molecule has 1 N–H and O–H groups in total. The lowest BCUT2D eigenvalue weighted by atomic mass is 10.1. The molecule has 0 aliphatic heterocycles. The van der Waals surface area contributed by atoms with E-state index in [4.69, 9.17) is 0 Å². The molecular formula is C17H31N3. The van der Waals surface area contributed by atoms with Gasteiger partial charge in [-0.3, -0.25) is 4.98 Å². The van der Waals surface area contributed by atoms with Crippen LogP contribution in [-0.2, 0) is 6.54 Å². The fourth-order valence-electron chi connectivity index (χ4n) is 2.15. The van der Waals surface area contributed by atoms with E-state index in [0.717, 1.165) is 18.8 Å². The van der Waals surface area contributed by atoms with Crippen LogP contribution in [-0.4, -0.2) is 24.1 Å². The molecule has 0 atom stereocenters. The van der Waals surface area contributed by atoms with Crippen molar-refractivity contribution in [1.82, 2.24) is 10.3 Å². The Morgan fingerprint density at radius 3 is 2.55 bits per heavy atom. The smallest absolute Gasteiger partial charge is 0.0442 e. The van der Waals surface area contributed by atoms with E-state index in [0.29, 0.717) is 0 Å². The lowest BCUT2D eigenvalue weighted by Gasteiger charge is -2.25. The Morgan fingerprint density at radius 1 is 1.25 bits per heavy atom. The molecule has 0 amide bonds. The molecule has 114 valence electrons. The molecule has 0 aliphatic rings. The standard InChI is InChI=1S/C17H31N3/c1-7-8-9-10-20(6)16-11-14(2)18-12-15(16)13-19-17(3,4)5/h11-12,19H,7-10,13H2,1-6H3. The van der Waals surface area contributed by atoms with E-state index in [9.17, 15) is 0 Å². The molecule has 3 heteroatoms. The number of hydrogen-bond acceptors (Lipinski definition) is 3. The van der Waals surface area contributed by atoms with Crippen LogP contribution in [0.2, 0.25) is 0 Å². The van der Waals surface area contributed by atoms with Crippen LogP contribution in [0.5, 0.6) is 0 Å². The summed E-state index contributed by atoms with van der Waals surface area (Å²) < 4.78 is 0. The number of hydrogen-bond donors (Lipinski definition) is 1. The summed E-state index contributed by atoms with van der Waals surface area (Å²) in [6, 6.07) is 2.20. The van der Waals surface area contributed by atoms with Gasteiger partial charge < -0.3 is 10.2 Å². The van der Waals surface area contributed by atoms with Gasteiger partial charge in [0.25, 0.3) is 0 Å². The van der Waals surface area contributed by atoms with Crippen LogP contribution in [0.4, 0.5) is 5.69 Å². The van der Waals surface area contributed by atoms with Crippen LogP contribution >= 0.6 is 0 Å². The Morgan fingerprint density at radius 2 is 1.95 bits per heavy atom. The maximum Gasteiger partial charge on any atom is 0.0442 e. The number of aryl methyl sites for hydroxylation is 1. The molecule has 0 saturated heterocycles. The molecule has 1 aromatic heterocycles. The zero-order chi connectivity index (χ0) is 15.2. The third-order valence-electron chi connectivity index (χ3n) is 3.42. The van der Waals surface area contributed by atoms with Gasteiger partial charge in [-0.05, 0) is 40.2 Å². The van der Waals surface area contributed by atoms with Crippen molar-refractivity contribution in [3.05, 3.63) is 23.5 Å². The summed E-state index contributed by atoms with van der Waals surface area (Å²) in [4.78, 5) is 6.82. The highest BCUT2D eigenvalue weighted by Gasteiger charge is 2.13. The monoisotopic (exact) mass is 277 g/mol. The fourth-order valence-corrected chi connectivity index (χ4v) is 2.15. The van der Waals surface area contributed by atoms with E-state index in [1.165, 1.54) is 30.5 Å². The predicted molar refractivity (Wildman–Crippen MR) is 88.4 cm³/mol. The number of aromatic nitrogens is 1. The van der Waals surface area contributed by atoms with Gasteiger partial charge in [0, 0.05) is 48.8 Å². The van der Waals surface area contributed by atoms with Crippen molar-refractivity contribution in [3.63, 3.8) is 0 Å². The fraction of sp³-hybridized carbons (Fsp3) is 0.706. The molecular weight excluding hydrogens is 246 g/mol. The molecule has 0 saturated carbocycles. The van der Waals surface area contributed by atoms with Crippen LogP contribution in [0.25, 0.3) is 0 Å². The third kappa shape index (κ3) is 5.91. The minimum absolute atomic E-state index is 0.128. The Hall–Kier alpha value is -1.09. The SMILES string of the molecule is CCCCCN(C)c1cc(C)ncc1CNC(C)(C)C. The lowest BCUT2D eigenvalue weighted by molar-refractivity contribution is 0.424. The highest BCUT2D eigenvalue weighted by Crippen LogP contribution is 2.21. The van der Waals surface area contributed by atoms with Gasteiger partial charge >= 0.3 is 0 Å². The summed E-state index contributed by atoms with van der Waals surface area (Å²) in [5.74, 6) is 0. The van der Waals surface area contributed by atoms with Gasteiger partial charge in [-0.25, -0.2) is 0 Å². The summed E-state index contributed by atoms with van der Waals surface area (Å²) in [5.41, 5.74) is 3.81. The highest BCUT2D eigenvalue weighted by molar-refractivity contribution is 5.53. The van der Waals surface area contributed by atoms with Gasteiger partial charge in [0.2, 0.25) is 0 Å². The molecule has 20 heavy (non-hydrogen) atoms. The molecule has 0 bridgehead atoms. The van der Waals surface area contributed by atoms with Crippen molar-refractivity contribution >= 4 is 5.69 Å². The topological polar surface area (TPSA) is 28.2 Å². The van der Waals surface area contributed by atoms with Crippen molar-refractivity contribution in [2.24, 2.45) is 0 Å². The number of nitrogens with zero attached hydrogens (tertiary/aromatic N) is 2. The first kappa shape index (κ1) is 17.0. The molecule has 0 aliphatic carbocycles. The van der Waals surface area contributed by atoms with Gasteiger partial charge in [0.05, 0.1) is 0 Å². The van der Waals surface area contributed by atoms with Gasteiger partial charge in [-0.15, -0.1) is 0 Å². The first-order chi connectivity index (χ1) is 9.33. The number of rotatable bonds is 7. The van der Waals surface area contributed by atoms with E-state index in [1.54, 1.807) is 0 Å². The van der Waals surface area contributed by atoms with E-state index in [2.05, 4.69) is 62.9 Å². The highest BCUT2D eigenvalue weighted by atomic mass is 15.1. The van der Waals surface area contributed by atoms with Gasteiger partial charge in [0.15, 0.2) is 0 Å². The maximum atomic E-state index is 4.45. The van der Waals surface area contributed by atoms with Gasteiger partial charge in [-0.1, -0.05) is 19.8 Å². The quantitative estimate of drug-likeness (QED) is 0.766. The first-order valence-corrected chi connectivity index (χ1v) is 7.75. The van der Waals surface area contributed by atoms with E-state index < -0.39 is 0 Å². The minimum Gasteiger partial charge on any atom is -0.374 e. The Kier molecular flexibility index (Phi) is 6.47. The van der Waals surface area contributed by atoms with Crippen molar-refractivity contribution < 1.29 is 0 Å². The van der Waals surface area contributed by atoms with Crippen LogP contribution in [0.15, 0.2) is 12.3 Å². The molecule has 3 nitrogen and oxygen atoms in total. The third-order valence-corrected chi connectivity index (χ3v) is 3.42. The second-order valence-electron chi connectivity index (χ2n) is 6.69. The lowest BCUT2D eigenvalue weighted by Crippen LogP contribution is -2.35. The van der Waals surface area contributed by atoms with E-state index in [1.807, 2.05) is 6.20 Å². The molecule has 0 spiro atoms. The molecule has 1 rings (SSSR count). The average molecular weight is 277 g/mol. The molecule has 1 heterocycles. The van der Waals surface area contributed by atoms with Crippen LogP contribution in [0, 0.1) is 6.92 Å². The molecule has 1 aromatic rings. The van der Waals surface area contributed by atoms with Crippen LogP contribution in [0.3, 0.4) is 0 Å². The van der Waals surface area contributed by atoms with Crippen molar-refractivity contribution in [1.29, 1.82) is 0 Å². The molecule has 0 aromatic carbocycles.